The fourth-order valence-corrected chi connectivity index (χ4v) is 2.05. The van der Waals surface area contributed by atoms with Crippen molar-refractivity contribution in [3.8, 4) is 0 Å². The molecule has 0 aromatic rings. The second-order valence-electron chi connectivity index (χ2n) is 4.31. The van der Waals surface area contributed by atoms with Crippen LogP contribution in [0.2, 0.25) is 0 Å². The monoisotopic (exact) mass is 241 g/mol. The third kappa shape index (κ3) is 4.34. The molecule has 1 atom stereocenters. The number of nitrogens with zero attached hydrogens (tertiary/aromatic N) is 1. The number of nitrogens with one attached hydrogen (secondary N) is 2. The molecule has 1 aliphatic rings. The fourth-order valence-electron chi connectivity index (χ4n) is 2.05. The van der Waals surface area contributed by atoms with E-state index >= 15 is 0 Å². The van der Waals surface area contributed by atoms with Gasteiger partial charge in [-0.15, -0.1) is 0 Å². The van der Waals surface area contributed by atoms with Crippen molar-refractivity contribution in [1.82, 2.24) is 15.5 Å². The van der Waals surface area contributed by atoms with E-state index in [0.717, 1.165) is 25.8 Å². The summed E-state index contributed by atoms with van der Waals surface area (Å²) in [6.45, 7) is 6.02. The van der Waals surface area contributed by atoms with Crippen LogP contribution in [0.5, 0.6) is 0 Å². The highest BCUT2D eigenvalue weighted by molar-refractivity contribution is 5.87. The normalized spacial score (nSPS) is 19.8. The molecule has 0 aromatic carbocycles. The molecule has 2 N–H and O–H groups in total. The van der Waals surface area contributed by atoms with Gasteiger partial charge in [0.15, 0.2) is 0 Å². The average molecular weight is 241 g/mol. The maximum atomic E-state index is 12.2. The summed E-state index contributed by atoms with van der Waals surface area (Å²) in [6, 6.07) is -0.0990. The van der Waals surface area contributed by atoms with Crippen LogP contribution in [-0.4, -0.2) is 48.9 Å². The van der Waals surface area contributed by atoms with Crippen LogP contribution in [0.3, 0.4) is 0 Å². The zero-order chi connectivity index (χ0) is 12.7. The summed E-state index contributed by atoms with van der Waals surface area (Å²) >= 11 is 0. The third-order valence-electron chi connectivity index (χ3n) is 3.01. The number of likely N-dealkylation sites (N-methyl/N-ethyl adjacent to an activating group) is 2. The van der Waals surface area contributed by atoms with Gasteiger partial charge in [0.2, 0.25) is 11.8 Å². The fraction of sp³-hybridized carbons (Fsp3) is 0.833. The van der Waals surface area contributed by atoms with E-state index < -0.39 is 0 Å². The Morgan fingerprint density at radius 2 is 2.12 bits per heavy atom. The summed E-state index contributed by atoms with van der Waals surface area (Å²) in [5.41, 5.74) is 0. The molecule has 0 aromatic heterocycles. The van der Waals surface area contributed by atoms with E-state index in [1.54, 1.807) is 4.90 Å². The van der Waals surface area contributed by atoms with Gasteiger partial charge in [-0.25, -0.2) is 0 Å². The van der Waals surface area contributed by atoms with E-state index in [0.29, 0.717) is 13.1 Å². The van der Waals surface area contributed by atoms with Crippen molar-refractivity contribution in [2.45, 2.75) is 39.2 Å². The molecule has 0 bridgehead atoms. The molecule has 1 aliphatic heterocycles. The summed E-state index contributed by atoms with van der Waals surface area (Å²) in [6.07, 6.45) is 3.10. The maximum absolute atomic E-state index is 12.2. The molecule has 5 heteroatoms. The second-order valence-corrected chi connectivity index (χ2v) is 4.31. The number of hydrogen-bond donors (Lipinski definition) is 2. The largest absolute Gasteiger partial charge is 0.355 e. The van der Waals surface area contributed by atoms with Crippen LogP contribution in [0.25, 0.3) is 0 Å². The van der Waals surface area contributed by atoms with Crippen LogP contribution in [0.1, 0.15) is 33.1 Å². The van der Waals surface area contributed by atoms with Gasteiger partial charge in [-0.3, -0.25) is 9.59 Å². The van der Waals surface area contributed by atoms with Crippen molar-refractivity contribution in [2.75, 3.05) is 26.2 Å². The highest BCUT2D eigenvalue weighted by Gasteiger charge is 2.25. The van der Waals surface area contributed by atoms with E-state index in [4.69, 9.17) is 0 Å². The number of carbonyl (C=O) groups is 2. The minimum Gasteiger partial charge on any atom is -0.355 e. The topological polar surface area (TPSA) is 61.4 Å². The minimum absolute atomic E-state index is 0.0541. The van der Waals surface area contributed by atoms with Crippen molar-refractivity contribution in [3.63, 3.8) is 0 Å². The number of rotatable bonds is 5. The summed E-state index contributed by atoms with van der Waals surface area (Å²) in [5, 5.41) is 5.93. The Morgan fingerprint density at radius 3 is 2.65 bits per heavy atom. The predicted molar refractivity (Wildman–Crippen MR) is 66.6 cm³/mol. The molecular formula is C12H23N3O2. The van der Waals surface area contributed by atoms with Crippen LogP contribution in [0, 0.1) is 0 Å². The quantitative estimate of drug-likeness (QED) is 0.718. The highest BCUT2D eigenvalue weighted by atomic mass is 16.2. The van der Waals surface area contributed by atoms with Crippen molar-refractivity contribution < 1.29 is 9.59 Å². The summed E-state index contributed by atoms with van der Waals surface area (Å²) in [7, 11) is 0. The molecule has 1 saturated heterocycles. The lowest BCUT2D eigenvalue weighted by atomic mass is 10.0. The molecule has 0 radical (unpaired) electrons. The molecule has 1 heterocycles. The molecule has 0 aliphatic carbocycles. The zero-order valence-electron chi connectivity index (χ0n) is 10.8. The molecule has 0 saturated carbocycles. The molecule has 1 rings (SSSR count). The lowest BCUT2D eigenvalue weighted by Gasteiger charge is -2.28. The first-order chi connectivity index (χ1) is 8.19. The Labute approximate surface area is 103 Å². The Hall–Kier alpha value is -1.10. The van der Waals surface area contributed by atoms with Gasteiger partial charge in [0.05, 0.1) is 12.6 Å². The van der Waals surface area contributed by atoms with Crippen molar-refractivity contribution in [3.05, 3.63) is 0 Å². The average Bonchev–Trinajstić information content (AvgIpc) is 2.36. The van der Waals surface area contributed by atoms with E-state index in [-0.39, 0.29) is 24.4 Å². The first kappa shape index (κ1) is 14.0. The first-order valence-corrected chi connectivity index (χ1v) is 6.47. The predicted octanol–water partition coefficient (Wildman–Crippen LogP) is 0.113. The Balaban J connectivity index is 2.47. The van der Waals surface area contributed by atoms with Gasteiger partial charge in [-0.2, -0.15) is 0 Å². The van der Waals surface area contributed by atoms with Crippen LogP contribution in [0.4, 0.5) is 0 Å². The van der Waals surface area contributed by atoms with Gasteiger partial charge in [0.25, 0.3) is 0 Å². The van der Waals surface area contributed by atoms with Gasteiger partial charge >= 0.3 is 0 Å². The third-order valence-corrected chi connectivity index (χ3v) is 3.01. The van der Waals surface area contributed by atoms with Crippen LogP contribution >= 0.6 is 0 Å². The molecule has 1 unspecified atom stereocenters. The van der Waals surface area contributed by atoms with Gasteiger partial charge in [-0.1, -0.05) is 6.42 Å². The lowest BCUT2D eigenvalue weighted by molar-refractivity contribution is -0.138. The standard InChI is InChI=1S/C12H23N3O2/c1-3-13-11(16)9-15(4-2)12(17)10-7-5-6-8-14-10/h10,14H,3-9H2,1-2H3,(H,13,16). The molecular weight excluding hydrogens is 218 g/mol. The number of piperidine rings is 1. The summed E-state index contributed by atoms with van der Waals surface area (Å²) < 4.78 is 0. The van der Waals surface area contributed by atoms with Gasteiger partial charge in [-0.05, 0) is 33.2 Å². The van der Waals surface area contributed by atoms with Gasteiger partial charge in [0, 0.05) is 13.1 Å². The van der Waals surface area contributed by atoms with Crippen LogP contribution < -0.4 is 10.6 Å². The van der Waals surface area contributed by atoms with Gasteiger partial charge in [0.1, 0.15) is 0 Å². The molecule has 1 fully saturated rings. The van der Waals surface area contributed by atoms with E-state index in [2.05, 4.69) is 10.6 Å². The highest BCUT2D eigenvalue weighted by Crippen LogP contribution is 2.09. The van der Waals surface area contributed by atoms with Crippen molar-refractivity contribution in [2.24, 2.45) is 0 Å². The van der Waals surface area contributed by atoms with Crippen molar-refractivity contribution in [1.29, 1.82) is 0 Å². The van der Waals surface area contributed by atoms with Crippen LogP contribution in [-0.2, 0) is 9.59 Å². The summed E-state index contributed by atoms with van der Waals surface area (Å²) in [5.74, 6) is -0.0306. The second kappa shape index (κ2) is 7.27. The minimum atomic E-state index is -0.0990. The Bertz CT molecular complexity index is 262. The number of carbonyl (C=O) groups excluding carboxylic acids is 2. The molecule has 2 amide bonds. The number of amides is 2. The summed E-state index contributed by atoms with van der Waals surface area (Å²) in [4.78, 5) is 25.2. The van der Waals surface area contributed by atoms with E-state index in [9.17, 15) is 9.59 Å². The van der Waals surface area contributed by atoms with E-state index in [1.165, 1.54) is 0 Å². The molecule has 98 valence electrons. The maximum Gasteiger partial charge on any atom is 0.240 e. The smallest absolute Gasteiger partial charge is 0.240 e. The number of hydrogen-bond acceptors (Lipinski definition) is 3. The Morgan fingerprint density at radius 1 is 1.35 bits per heavy atom. The molecule has 0 spiro atoms. The SMILES string of the molecule is CCNC(=O)CN(CC)C(=O)C1CCCCN1. The molecule has 17 heavy (non-hydrogen) atoms. The zero-order valence-corrected chi connectivity index (χ0v) is 10.8. The molecule has 5 nitrogen and oxygen atoms in total. The lowest BCUT2D eigenvalue weighted by Crippen LogP contribution is -2.51. The Kier molecular flexibility index (Phi) is 5.97. The van der Waals surface area contributed by atoms with E-state index in [1.807, 2.05) is 13.8 Å². The van der Waals surface area contributed by atoms with Crippen molar-refractivity contribution >= 4 is 11.8 Å². The first-order valence-electron chi connectivity index (χ1n) is 6.47. The van der Waals surface area contributed by atoms with Crippen LogP contribution in [0.15, 0.2) is 0 Å². The van der Waals surface area contributed by atoms with Gasteiger partial charge < -0.3 is 15.5 Å².